The van der Waals surface area contributed by atoms with E-state index in [1.807, 2.05) is 28.8 Å². The fraction of sp³-hybridized carbons (Fsp3) is 0.375. The number of imidazole rings is 1. The highest BCUT2D eigenvalue weighted by molar-refractivity contribution is 5.91. The summed E-state index contributed by atoms with van der Waals surface area (Å²) >= 11 is 0. The Morgan fingerprint density at radius 2 is 2.23 bits per heavy atom. The minimum Gasteiger partial charge on any atom is -0.379 e. The van der Waals surface area contributed by atoms with Crippen molar-refractivity contribution in [1.29, 1.82) is 0 Å². The van der Waals surface area contributed by atoms with Crippen molar-refractivity contribution < 1.29 is 9.53 Å². The number of hydrogen-bond donors (Lipinski definition) is 1. The van der Waals surface area contributed by atoms with Crippen LogP contribution in [-0.2, 0) is 9.53 Å². The third-order valence-corrected chi connectivity index (χ3v) is 3.68. The zero-order valence-electron chi connectivity index (χ0n) is 12.4. The molecule has 22 heavy (non-hydrogen) atoms. The average molecular weight is 300 g/mol. The maximum Gasteiger partial charge on any atom is 0.244 e. The Morgan fingerprint density at radius 3 is 3.09 bits per heavy atom. The zero-order valence-corrected chi connectivity index (χ0v) is 12.4. The van der Waals surface area contributed by atoms with Gasteiger partial charge in [-0.15, -0.1) is 0 Å². The van der Waals surface area contributed by atoms with Crippen molar-refractivity contribution in [2.45, 2.75) is 0 Å². The third kappa shape index (κ3) is 3.72. The number of fused-ring (bicyclic) bond motifs is 1. The van der Waals surface area contributed by atoms with Gasteiger partial charge in [0.15, 0.2) is 0 Å². The molecule has 1 N–H and O–H groups in total. The Labute approximate surface area is 129 Å². The van der Waals surface area contributed by atoms with Crippen LogP contribution in [0, 0.1) is 0 Å². The van der Waals surface area contributed by atoms with Gasteiger partial charge in [-0.2, -0.15) is 0 Å². The van der Waals surface area contributed by atoms with E-state index >= 15 is 0 Å². The van der Waals surface area contributed by atoms with Crippen LogP contribution in [0.1, 0.15) is 5.69 Å². The molecule has 3 heterocycles. The Hall–Kier alpha value is -2.18. The molecule has 1 aliphatic heterocycles. The number of hydrogen-bond acceptors (Lipinski definition) is 4. The number of aromatic nitrogens is 2. The number of nitrogens with zero attached hydrogens (tertiary/aromatic N) is 3. The number of amides is 1. The van der Waals surface area contributed by atoms with Gasteiger partial charge < -0.3 is 14.5 Å². The first-order chi connectivity index (χ1) is 10.8. The molecule has 1 saturated heterocycles. The molecule has 116 valence electrons. The molecular formula is C16H20N4O2. The topological polar surface area (TPSA) is 58.9 Å². The standard InChI is InChI=1S/C16H20N4O2/c21-16(17-6-8-19-9-11-22-12-10-19)5-4-14-13-18-15-3-1-2-7-20(14)15/h1-5,7,13H,6,8-12H2,(H,17,21)/b5-4+. The van der Waals surface area contributed by atoms with Crippen LogP contribution < -0.4 is 5.32 Å². The van der Waals surface area contributed by atoms with E-state index < -0.39 is 0 Å². The first-order valence-corrected chi connectivity index (χ1v) is 7.51. The summed E-state index contributed by atoms with van der Waals surface area (Å²) in [5.74, 6) is -0.0841. The SMILES string of the molecule is O=C(/C=C/c1cnc2ccccn12)NCCN1CCOCC1. The van der Waals surface area contributed by atoms with Gasteiger partial charge in [0, 0.05) is 38.5 Å². The van der Waals surface area contributed by atoms with Crippen molar-refractivity contribution >= 4 is 17.6 Å². The summed E-state index contributed by atoms with van der Waals surface area (Å²) in [6.07, 6.45) is 7.02. The van der Waals surface area contributed by atoms with E-state index in [0.717, 1.165) is 44.2 Å². The van der Waals surface area contributed by atoms with Gasteiger partial charge in [-0.1, -0.05) is 6.07 Å². The molecule has 3 rings (SSSR count). The molecule has 1 fully saturated rings. The number of carbonyl (C=O) groups excluding carboxylic acids is 1. The lowest BCUT2D eigenvalue weighted by molar-refractivity contribution is -0.116. The van der Waals surface area contributed by atoms with Crippen molar-refractivity contribution in [3.63, 3.8) is 0 Å². The van der Waals surface area contributed by atoms with Gasteiger partial charge in [-0.3, -0.25) is 9.69 Å². The van der Waals surface area contributed by atoms with Gasteiger partial charge in [0.05, 0.1) is 25.1 Å². The summed E-state index contributed by atoms with van der Waals surface area (Å²) in [4.78, 5) is 18.4. The molecular weight excluding hydrogens is 280 g/mol. The fourth-order valence-corrected chi connectivity index (χ4v) is 2.46. The minimum atomic E-state index is -0.0841. The number of rotatable bonds is 5. The van der Waals surface area contributed by atoms with E-state index in [4.69, 9.17) is 4.74 Å². The quantitative estimate of drug-likeness (QED) is 0.830. The fourth-order valence-electron chi connectivity index (χ4n) is 2.46. The van der Waals surface area contributed by atoms with Crippen LogP contribution in [0.2, 0.25) is 0 Å². The third-order valence-electron chi connectivity index (χ3n) is 3.68. The number of carbonyl (C=O) groups is 1. The summed E-state index contributed by atoms with van der Waals surface area (Å²) < 4.78 is 7.24. The molecule has 1 aliphatic rings. The summed E-state index contributed by atoms with van der Waals surface area (Å²) in [5.41, 5.74) is 1.76. The molecule has 0 bridgehead atoms. The highest BCUT2D eigenvalue weighted by atomic mass is 16.5. The first kappa shape index (κ1) is 14.7. The van der Waals surface area contributed by atoms with E-state index in [9.17, 15) is 4.79 Å². The second-order valence-corrected chi connectivity index (χ2v) is 5.19. The van der Waals surface area contributed by atoms with Crippen molar-refractivity contribution in [2.24, 2.45) is 0 Å². The van der Waals surface area contributed by atoms with Crippen LogP contribution >= 0.6 is 0 Å². The van der Waals surface area contributed by atoms with E-state index in [2.05, 4.69) is 15.2 Å². The van der Waals surface area contributed by atoms with Gasteiger partial charge >= 0.3 is 0 Å². The monoisotopic (exact) mass is 300 g/mol. The van der Waals surface area contributed by atoms with Crippen LogP contribution in [0.25, 0.3) is 11.7 Å². The van der Waals surface area contributed by atoms with Crippen LogP contribution in [0.5, 0.6) is 0 Å². The van der Waals surface area contributed by atoms with E-state index in [1.165, 1.54) is 0 Å². The second kappa shape index (κ2) is 7.20. The van der Waals surface area contributed by atoms with Crippen molar-refractivity contribution in [2.75, 3.05) is 39.4 Å². The molecule has 6 nitrogen and oxygen atoms in total. The van der Waals surface area contributed by atoms with Gasteiger partial charge in [0.25, 0.3) is 0 Å². The predicted molar refractivity (Wildman–Crippen MR) is 84.5 cm³/mol. The summed E-state index contributed by atoms with van der Waals surface area (Å²) in [7, 11) is 0. The molecule has 0 aromatic carbocycles. The summed E-state index contributed by atoms with van der Waals surface area (Å²) in [6.45, 7) is 4.94. The lowest BCUT2D eigenvalue weighted by Crippen LogP contribution is -2.41. The Balaban J connectivity index is 1.48. The van der Waals surface area contributed by atoms with Gasteiger partial charge in [-0.05, 0) is 18.2 Å². The average Bonchev–Trinajstić information content (AvgIpc) is 2.97. The predicted octanol–water partition coefficient (Wildman–Crippen LogP) is 0.796. The number of nitrogens with one attached hydrogen (secondary N) is 1. The number of pyridine rings is 1. The van der Waals surface area contributed by atoms with Crippen molar-refractivity contribution in [3.05, 3.63) is 42.4 Å². The molecule has 0 spiro atoms. The normalized spacial score (nSPS) is 16.4. The molecule has 6 heteroatoms. The molecule has 0 radical (unpaired) electrons. The van der Waals surface area contributed by atoms with Gasteiger partial charge in [0.1, 0.15) is 5.65 Å². The Bertz CT molecular complexity index is 659. The highest BCUT2D eigenvalue weighted by Gasteiger charge is 2.09. The molecule has 2 aromatic rings. The molecule has 0 atom stereocenters. The number of morpholine rings is 1. The lowest BCUT2D eigenvalue weighted by Gasteiger charge is -2.26. The molecule has 0 unspecified atom stereocenters. The largest absolute Gasteiger partial charge is 0.379 e. The molecule has 2 aromatic heterocycles. The van der Waals surface area contributed by atoms with E-state index in [-0.39, 0.29) is 5.91 Å². The van der Waals surface area contributed by atoms with Gasteiger partial charge in [-0.25, -0.2) is 4.98 Å². The highest BCUT2D eigenvalue weighted by Crippen LogP contribution is 2.07. The van der Waals surface area contributed by atoms with E-state index in [1.54, 1.807) is 18.3 Å². The van der Waals surface area contributed by atoms with E-state index in [0.29, 0.717) is 6.54 Å². The van der Waals surface area contributed by atoms with Crippen LogP contribution in [0.4, 0.5) is 0 Å². The van der Waals surface area contributed by atoms with Crippen molar-refractivity contribution in [3.8, 4) is 0 Å². The summed E-state index contributed by atoms with van der Waals surface area (Å²) in [6, 6.07) is 5.81. The summed E-state index contributed by atoms with van der Waals surface area (Å²) in [5, 5.41) is 2.90. The molecule has 0 saturated carbocycles. The Morgan fingerprint density at radius 1 is 1.36 bits per heavy atom. The van der Waals surface area contributed by atoms with Gasteiger partial charge in [0.2, 0.25) is 5.91 Å². The molecule has 0 aliphatic carbocycles. The lowest BCUT2D eigenvalue weighted by atomic mass is 10.3. The van der Waals surface area contributed by atoms with Crippen LogP contribution in [0.3, 0.4) is 0 Å². The van der Waals surface area contributed by atoms with Crippen molar-refractivity contribution in [1.82, 2.24) is 19.6 Å². The second-order valence-electron chi connectivity index (χ2n) is 5.19. The van der Waals surface area contributed by atoms with Crippen LogP contribution in [0.15, 0.2) is 36.7 Å². The maximum absolute atomic E-state index is 11.8. The first-order valence-electron chi connectivity index (χ1n) is 7.51. The maximum atomic E-state index is 11.8. The minimum absolute atomic E-state index is 0.0841. The zero-order chi connectivity index (χ0) is 15.2. The number of ether oxygens (including phenoxy) is 1. The van der Waals surface area contributed by atoms with Crippen LogP contribution in [-0.4, -0.2) is 59.6 Å². The smallest absolute Gasteiger partial charge is 0.244 e. The molecule has 1 amide bonds. The Kier molecular flexibility index (Phi) is 4.82.